The summed E-state index contributed by atoms with van der Waals surface area (Å²) in [5, 5.41) is 0. The van der Waals surface area contributed by atoms with Crippen LogP contribution in [0.5, 0.6) is 0 Å². The first-order valence-corrected chi connectivity index (χ1v) is 9.96. The predicted molar refractivity (Wildman–Crippen MR) is 98.9 cm³/mol. The van der Waals surface area contributed by atoms with Gasteiger partial charge in [-0.3, -0.25) is 0 Å². The number of hydrogen-bond acceptors (Lipinski definition) is 0. The fourth-order valence-corrected chi connectivity index (χ4v) is 3.21. The van der Waals surface area contributed by atoms with Gasteiger partial charge in [0.25, 0.3) is 0 Å². The molecule has 0 spiro atoms. The van der Waals surface area contributed by atoms with E-state index < -0.39 is 0 Å². The Labute approximate surface area is 135 Å². The minimum atomic E-state index is 0.973. The molecule has 0 aromatic carbocycles. The van der Waals surface area contributed by atoms with Crippen molar-refractivity contribution in [2.45, 2.75) is 117 Å². The van der Waals surface area contributed by atoms with Crippen LogP contribution in [0.1, 0.15) is 117 Å². The number of allylic oxidation sites excluding steroid dienone is 1. The third-order valence-corrected chi connectivity index (χ3v) is 4.71. The molecule has 21 heavy (non-hydrogen) atoms. The second kappa shape index (κ2) is 17.8. The van der Waals surface area contributed by atoms with E-state index >= 15 is 0 Å². The maximum Gasteiger partial charge on any atom is -0.0351 e. The zero-order valence-electron chi connectivity index (χ0n) is 15.2. The Morgan fingerprint density at radius 1 is 0.619 bits per heavy atom. The van der Waals surface area contributed by atoms with E-state index in [0.29, 0.717) is 0 Å². The lowest BCUT2D eigenvalue weighted by molar-refractivity contribution is 0.383. The maximum absolute atomic E-state index is 3.89. The summed E-state index contributed by atoms with van der Waals surface area (Å²) in [5.74, 6) is 0.973. The Morgan fingerprint density at radius 2 is 1.05 bits per heavy atom. The smallest absolute Gasteiger partial charge is 0.0351 e. The van der Waals surface area contributed by atoms with Gasteiger partial charge in [-0.2, -0.15) is 0 Å². The van der Waals surface area contributed by atoms with Crippen molar-refractivity contribution < 1.29 is 0 Å². The summed E-state index contributed by atoms with van der Waals surface area (Å²) >= 11 is 0. The molecule has 0 saturated heterocycles. The van der Waals surface area contributed by atoms with E-state index in [-0.39, 0.29) is 0 Å². The van der Waals surface area contributed by atoms with Gasteiger partial charge in [-0.25, -0.2) is 0 Å². The molecule has 0 N–H and O–H groups in total. The molecule has 0 heteroatoms. The first-order valence-electron chi connectivity index (χ1n) is 9.96. The Morgan fingerprint density at radius 3 is 1.48 bits per heavy atom. The van der Waals surface area contributed by atoms with Crippen LogP contribution in [0.2, 0.25) is 0 Å². The Hall–Kier alpha value is -0.260. The average Bonchev–Trinajstić information content (AvgIpc) is 2.50. The third-order valence-electron chi connectivity index (χ3n) is 4.71. The van der Waals surface area contributed by atoms with Crippen molar-refractivity contribution in [2.75, 3.05) is 0 Å². The van der Waals surface area contributed by atoms with Crippen LogP contribution in [0.4, 0.5) is 0 Å². The van der Waals surface area contributed by atoms with Crippen LogP contribution < -0.4 is 0 Å². The lowest BCUT2D eigenvalue weighted by Gasteiger charge is -2.16. The van der Waals surface area contributed by atoms with E-state index in [2.05, 4.69) is 26.5 Å². The van der Waals surface area contributed by atoms with E-state index in [4.69, 9.17) is 0 Å². The lowest BCUT2D eigenvalue weighted by Crippen LogP contribution is -2.01. The molecule has 0 nitrogen and oxygen atoms in total. The highest BCUT2D eigenvalue weighted by molar-refractivity contribution is 4.70. The topological polar surface area (TPSA) is 0 Å². The number of rotatable bonds is 17. The van der Waals surface area contributed by atoms with Crippen LogP contribution in [0, 0.1) is 5.92 Å². The van der Waals surface area contributed by atoms with Gasteiger partial charge in [0.05, 0.1) is 0 Å². The van der Waals surface area contributed by atoms with Crippen LogP contribution in [0.3, 0.4) is 0 Å². The third kappa shape index (κ3) is 15.9. The summed E-state index contributed by atoms with van der Waals surface area (Å²) in [6, 6.07) is 0. The minimum absolute atomic E-state index is 0.973. The SMILES string of the molecule is C=CCCC(CCCCCCCC)CCCCCCCC. The van der Waals surface area contributed by atoms with Crippen molar-refractivity contribution >= 4 is 0 Å². The molecule has 0 rings (SSSR count). The summed E-state index contributed by atoms with van der Waals surface area (Å²) in [7, 11) is 0. The molecule has 126 valence electrons. The van der Waals surface area contributed by atoms with Gasteiger partial charge in [0, 0.05) is 0 Å². The Balaban J connectivity index is 3.59. The summed E-state index contributed by atoms with van der Waals surface area (Å²) in [6.45, 7) is 8.49. The zero-order chi connectivity index (χ0) is 15.6. The maximum atomic E-state index is 3.89. The van der Waals surface area contributed by atoms with Crippen molar-refractivity contribution in [2.24, 2.45) is 5.92 Å². The second-order valence-corrected chi connectivity index (χ2v) is 6.84. The van der Waals surface area contributed by atoms with Gasteiger partial charge in [0.2, 0.25) is 0 Å². The van der Waals surface area contributed by atoms with Gasteiger partial charge in [-0.05, 0) is 18.8 Å². The summed E-state index contributed by atoms with van der Waals surface area (Å²) in [6.07, 6.45) is 24.9. The Kier molecular flexibility index (Phi) is 17.6. The quantitative estimate of drug-likeness (QED) is 0.188. The van der Waals surface area contributed by atoms with Crippen LogP contribution in [0.25, 0.3) is 0 Å². The summed E-state index contributed by atoms with van der Waals surface area (Å²) < 4.78 is 0. The average molecular weight is 295 g/mol. The van der Waals surface area contributed by atoms with Crippen LogP contribution in [-0.4, -0.2) is 0 Å². The van der Waals surface area contributed by atoms with Gasteiger partial charge >= 0.3 is 0 Å². The molecule has 0 aliphatic heterocycles. The van der Waals surface area contributed by atoms with E-state index in [9.17, 15) is 0 Å². The monoisotopic (exact) mass is 294 g/mol. The van der Waals surface area contributed by atoms with Crippen LogP contribution in [0.15, 0.2) is 12.7 Å². The van der Waals surface area contributed by atoms with Crippen LogP contribution in [-0.2, 0) is 0 Å². The van der Waals surface area contributed by atoms with Crippen molar-refractivity contribution in [3.05, 3.63) is 12.7 Å². The number of unbranched alkanes of at least 4 members (excludes halogenated alkanes) is 10. The highest BCUT2D eigenvalue weighted by Crippen LogP contribution is 2.23. The molecule has 0 radical (unpaired) electrons. The molecule has 0 aliphatic carbocycles. The summed E-state index contributed by atoms with van der Waals surface area (Å²) in [4.78, 5) is 0. The fourth-order valence-electron chi connectivity index (χ4n) is 3.21. The fraction of sp³-hybridized carbons (Fsp3) is 0.905. The molecule has 0 amide bonds. The predicted octanol–water partition coefficient (Wildman–Crippen LogP) is 8.07. The van der Waals surface area contributed by atoms with Crippen molar-refractivity contribution in [3.63, 3.8) is 0 Å². The molecule has 0 aromatic heterocycles. The largest absolute Gasteiger partial charge is 0.103 e. The molecule has 0 saturated carbocycles. The molecule has 0 atom stereocenters. The minimum Gasteiger partial charge on any atom is -0.103 e. The molecule has 0 heterocycles. The van der Waals surface area contributed by atoms with E-state index in [1.165, 1.54) is 103 Å². The molecule has 0 bridgehead atoms. The van der Waals surface area contributed by atoms with Crippen molar-refractivity contribution in [1.82, 2.24) is 0 Å². The van der Waals surface area contributed by atoms with E-state index in [1.54, 1.807) is 0 Å². The molecule has 0 aliphatic rings. The zero-order valence-corrected chi connectivity index (χ0v) is 15.2. The van der Waals surface area contributed by atoms with Gasteiger partial charge in [-0.1, -0.05) is 110 Å². The molecule has 0 fully saturated rings. The highest BCUT2D eigenvalue weighted by Gasteiger charge is 2.07. The highest BCUT2D eigenvalue weighted by atomic mass is 14.1. The van der Waals surface area contributed by atoms with Gasteiger partial charge < -0.3 is 0 Å². The first-order chi connectivity index (χ1) is 10.3. The van der Waals surface area contributed by atoms with Gasteiger partial charge in [0.15, 0.2) is 0 Å². The molecule has 0 unspecified atom stereocenters. The molecular formula is C21H42. The van der Waals surface area contributed by atoms with Crippen molar-refractivity contribution in [1.29, 1.82) is 0 Å². The molecular weight excluding hydrogens is 252 g/mol. The van der Waals surface area contributed by atoms with Crippen LogP contribution >= 0.6 is 0 Å². The lowest BCUT2D eigenvalue weighted by atomic mass is 9.90. The van der Waals surface area contributed by atoms with Crippen molar-refractivity contribution in [3.8, 4) is 0 Å². The van der Waals surface area contributed by atoms with E-state index in [0.717, 1.165) is 5.92 Å². The standard InChI is InChI=1S/C21H42/c1-4-7-10-12-14-16-19-21(18-9-6-3)20-17-15-13-11-8-5-2/h6,21H,3-5,7-20H2,1-2H3. The normalized spacial score (nSPS) is 11.2. The molecule has 0 aromatic rings. The summed E-state index contributed by atoms with van der Waals surface area (Å²) in [5.41, 5.74) is 0. The van der Waals surface area contributed by atoms with Gasteiger partial charge in [-0.15, -0.1) is 6.58 Å². The van der Waals surface area contributed by atoms with E-state index in [1.807, 2.05) is 0 Å². The number of hydrogen-bond donors (Lipinski definition) is 0. The first kappa shape index (κ1) is 20.7. The van der Waals surface area contributed by atoms with Gasteiger partial charge in [0.1, 0.15) is 0 Å². The Bertz CT molecular complexity index is 178. The second-order valence-electron chi connectivity index (χ2n) is 6.84.